The van der Waals surface area contributed by atoms with Crippen molar-refractivity contribution in [2.75, 3.05) is 12.8 Å². The summed E-state index contributed by atoms with van der Waals surface area (Å²) >= 11 is 3.51. The molecule has 17 heavy (non-hydrogen) atoms. The predicted molar refractivity (Wildman–Crippen MR) is 72.0 cm³/mol. The highest BCUT2D eigenvalue weighted by Crippen LogP contribution is 2.32. The number of methoxy groups -OCH3 is 1. The van der Waals surface area contributed by atoms with E-state index in [1.165, 1.54) is 0 Å². The number of nitrogens with two attached hydrogens (primary N) is 1. The second-order valence-corrected chi connectivity index (χ2v) is 4.72. The molecule has 2 rings (SSSR count). The van der Waals surface area contributed by atoms with Crippen molar-refractivity contribution >= 4 is 21.7 Å². The van der Waals surface area contributed by atoms with Crippen LogP contribution in [0.1, 0.15) is 5.56 Å². The molecule has 0 aliphatic carbocycles. The summed E-state index contributed by atoms with van der Waals surface area (Å²) in [5.41, 5.74) is 8.66. The van der Waals surface area contributed by atoms with Crippen molar-refractivity contribution in [2.45, 2.75) is 6.92 Å². The van der Waals surface area contributed by atoms with Crippen LogP contribution in [0.5, 0.6) is 5.75 Å². The number of hydrogen-bond donors (Lipinski definition) is 1. The largest absolute Gasteiger partial charge is 0.496 e. The summed E-state index contributed by atoms with van der Waals surface area (Å²) in [7, 11) is 3.48. The zero-order valence-electron chi connectivity index (χ0n) is 9.99. The number of benzene rings is 1. The third-order valence-corrected chi connectivity index (χ3v) is 3.55. The molecule has 1 aromatic carbocycles. The van der Waals surface area contributed by atoms with Crippen molar-refractivity contribution < 1.29 is 4.74 Å². The molecule has 5 heteroatoms. The van der Waals surface area contributed by atoms with Crippen molar-refractivity contribution in [2.24, 2.45) is 7.05 Å². The van der Waals surface area contributed by atoms with Gasteiger partial charge >= 0.3 is 0 Å². The van der Waals surface area contributed by atoms with E-state index in [0.717, 1.165) is 27.0 Å². The number of nitrogen functional groups attached to an aromatic ring is 1. The molecule has 1 aromatic heterocycles. The van der Waals surface area contributed by atoms with Crippen molar-refractivity contribution in [3.8, 4) is 17.0 Å². The Hall–Kier alpha value is -1.49. The smallest absolute Gasteiger partial charge is 0.123 e. The lowest BCUT2D eigenvalue weighted by atomic mass is 10.1. The average Bonchev–Trinajstić information content (AvgIpc) is 2.63. The molecule has 0 aliphatic rings. The van der Waals surface area contributed by atoms with Crippen LogP contribution in [0, 0.1) is 6.92 Å². The van der Waals surface area contributed by atoms with Crippen LogP contribution in [0.25, 0.3) is 11.3 Å². The number of halogens is 1. The van der Waals surface area contributed by atoms with Gasteiger partial charge in [0.2, 0.25) is 0 Å². The van der Waals surface area contributed by atoms with Crippen LogP contribution in [0.3, 0.4) is 0 Å². The zero-order chi connectivity index (χ0) is 12.6. The van der Waals surface area contributed by atoms with Gasteiger partial charge in [0.05, 0.1) is 12.8 Å². The first-order chi connectivity index (χ1) is 8.02. The van der Waals surface area contributed by atoms with E-state index < -0.39 is 0 Å². The van der Waals surface area contributed by atoms with Gasteiger partial charge in [-0.1, -0.05) is 15.9 Å². The van der Waals surface area contributed by atoms with Crippen LogP contribution in [-0.2, 0) is 7.05 Å². The first-order valence-electron chi connectivity index (χ1n) is 5.17. The lowest BCUT2D eigenvalue weighted by Crippen LogP contribution is -1.96. The highest BCUT2D eigenvalue weighted by atomic mass is 79.9. The molecule has 0 bridgehead atoms. The van der Waals surface area contributed by atoms with E-state index in [9.17, 15) is 0 Å². The van der Waals surface area contributed by atoms with E-state index in [1.807, 2.05) is 32.2 Å². The first-order valence-corrected chi connectivity index (χ1v) is 5.96. The summed E-state index contributed by atoms with van der Waals surface area (Å²) in [6.45, 7) is 2.00. The molecule has 0 radical (unpaired) electrons. The molecule has 0 aliphatic heterocycles. The number of rotatable bonds is 2. The fourth-order valence-electron chi connectivity index (χ4n) is 1.64. The molecule has 0 saturated carbocycles. The standard InChI is InChI=1S/C12H14BrN3O/c1-7-9(13)4-8(5-11(7)17-3)10-6-12(14)16(2)15-10/h4-6H,14H2,1-3H3. The second kappa shape index (κ2) is 4.41. The monoisotopic (exact) mass is 295 g/mol. The Morgan fingerprint density at radius 3 is 2.59 bits per heavy atom. The molecule has 0 fully saturated rings. The van der Waals surface area contributed by atoms with E-state index in [-0.39, 0.29) is 0 Å². The molecule has 1 heterocycles. The maximum absolute atomic E-state index is 5.77. The van der Waals surface area contributed by atoms with Gasteiger partial charge in [-0.3, -0.25) is 4.68 Å². The van der Waals surface area contributed by atoms with Gasteiger partial charge in [-0.15, -0.1) is 0 Å². The Kier molecular flexibility index (Phi) is 3.11. The van der Waals surface area contributed by atoms with Crippen molar-refractivity contribution in [3.63, 3.8) is 0 Å². The quantitative estimate of drug-likeness (QED) is 0.927. The van der Waals surface area contributed by atoms with E-state index in [2.05, 4.69) is 21.0 Å². The number of ether oxygens (including phenoxy) is 1. The maximum Gasteiger partial charge on any atom is 0.123 e. The Bertz CT molecular complexity index is 544. The molecule has 2 N–H and O–H groups in total. The third kappa shape index (κ3) is 2.15. The SMILES string of the molecule is COc1cc(-c2cc(N)n(C)n2)cc(Br)c1C. The fourth-order valence-corrected chi connectivity index (χ4v) is 2.08. The normalized spacial score (nSPS) is 10.6. The van der Waals surface area contributed by atoms with Crippen LogP contribution in [0.15, 0.2) is 22.7 Å². The van der Waals surface area contributed by atoms with Crippen molar-refractivity contribution in [3.05, 3.63) is 28.2 Å². The molecule has 4 nitrogen and oxygen atoms in total. The molecule has 0 unspecified atom stereocenters. The van der Waals surface area contributed by atoms with Gasteiger partial charge < -0.3 is 10.5 Å². The number of aryl methyl sites for hydroxylation is 1. The van der Waals surface area contributed by atoms with Crippen LogP contribution in [0.2, 0.25) is 0 Å². The molecule has 0 amide bonds. The summed E-state index contributed by atoms with van der Waals surface area (Å²) in [6.07, 6.45) is 0. The topological polar surface area (TPSA) is 53.1 Å². The summed E-state index contributed by atoms with van der Waals surface area (Å²) in [5.74, 6) is 1.47. The van der Waals surface area contributed by atoms with Gasteiger partial charge in [0, 0.05) is 28.7 Å². The van der Waals surface area contributed by atoms with Gasteiger partial charge in [0.25, 0.3) is 0 Å². The van der Waals surface area contributed by atoms with Crippen LogP contribution < -0.4 is 10.5 Å². The molecule has 0 atom stereocenters. The minimum Gasteiger partial charge on any atom is -0.496 e. The highest BCUT2D eigenvalue weighted by molar-refractivity contribution is 9.10. The molecule has 90 valence electrons. The number of aromatic nitrogens is 2. The van der Waals surface area contributed by atoms with Crippen LogP contribution in [0.4, 0.5) is 5.82 Å². The summed E-state index contributed by atoms with van der Waals surface area (Å²) < 4.78 is 7.97. The van der Waals surface area contributed by atoms with Gasteiger partial charge in [-0.2, -0.15) is 5.10 Å². The lowest BCUT2D eigenvalue weighted by Gasteiger charge is -2.08. The molecule has 0 saturated heterocycles. The number of anilines is 1. The number of nitrogens with zero attached hydrogens (tertiary/aromatic N) is 2. The van der Waals surface area contributed by atoms with Gasteiger partial charge in [0.1, 0.15) is 11.6 Å². The summed E-state index contributed by atoms with van der Waals surface area (Å²) in [5, 5.41) is 4.34. The minimum atomic E-state index is 0.635. The lowest BCUT2D eigenvalue weighted by molar-refractivity contribution is 0.411. The first kappa shape index (κ1) is 12.0. The Balaban J connectivity index is 2.56. The third-order valence-electron chi connectivity index (χ3n) is 2.73. The predicted octanol–water partition coefficient (Wildman–Crippen LogP) is 2.75. The number of hydrogen-bond acceptors (Lipinski definition) is 3. The summed E-state index contributed by atoms with van der Waals surface area (Å²) in [4.78, 5) is 0. The van der Waals surface area contributed by atoms with E-state index in [1.54, 1.807) is 11.8 Å². The van der Waals surface area contributed by atoms with Gasteiger partial charge in [-0.25, -0.2) is 0 Å². The zero-order valence-corrected chi connectivity index (χ0v) is 11.6. The van der Waals surface area contributed by atoms with E-state index in [4.69, 9.17) is 10.5 Å². The Morgan fingerprint density at radius 1 is 1.35 bits per heavy atom. The van der Waals surface area contributed by atoms with Gasteiger partial charge in [-0.05, 0) is 19.1 Å². The molecular weight excluding hydrogens is 282 g/mol. The molecule has 0 spiro atoms. The van der Waals surface area contributed by atoms with Crippen LogP contribution >= 0.6 is 15.9 Å². The molecular formula is C12H14BrN3O. The second-order valence-electron chi connectivity index (χ2n) is 3.86. The van der Waals surface area contributed by atoms with E-state index in [0.29, 0.717) is 5.82 Å². The maximum atomic E-state index is 5.77. The fraction of sp³-hybridized carbons (Fsp3) is 0.250. The molecule has 2 aromatic rings. The van der Waals surface area contributed by atoms with Crippen molar-refractivity contribution in [1.82, 2.24) is 9.78 Å². The van der Waals surface area contributed by atoms with E-state index >= 15 is 0 Å². The minimum absolute atomic E-state index is 0.635. The Morgan fingerprint density at radius 2 is 2.06 bits per heavy atom. The van der Waals surface area contributed by atoms with Gasteiger partial charge in [0.15, 0.2) is 0 Å². The van der Waals surface area contributed by atoms with Crippen LogP contribution in [-0.4, -0.2) is 16.9 Å². The summed E-state index contributed by atoms with van der Waals surface area (Å²) in [6, 6.07) is 5.82. The highest BCUT2D eigenvalue weighted by Gasteiger charge is 2.10. The Labute approximate surface area is 109 Å². The average molecular weight is 296 g/mol. The van der Waals surface area contributed by atoms with Crippen molar-refractivity contribution in [1.29, 1.82) is 0 Å².